The van der Waals surface area contributed by atoms with E-state index in [-0.39, 0.29) is 12.5 Å². The van der Waals surface area contributed by atoms with Gasteiger partial charge in [0.05, 0.1) is 5.69 Å². The second kappa shape index (κ2) is 15.0. The van der Waals surface area contributed by atoms with Crippen LogP contribution in [0.3, 0.4) is 0 Å². The fourth-order valence-corrected chi connectivity index (χ4v) is 5.74. The van der Waals surface area contributed by atoms with Gasteiger partial charge in [0.25, 0.3) is 5.91 Å². The number of carbonyl (C=O) groups is 2. The number of halogens is 1. The molecule has 0 spiro atoms. The minimum Gasteiger partial charge on any atom is -0.489 e. The topological polar surface area (TPSA) is 91.7 Å². The van der Waals surface area contributed by atoms with E-state index in [0.29, 0.717) is 33.6 Å². The van der Waals surface area contributed by atoms with Crippen molar-refractivity contribution < 1.29 is 24.1 Å². The number of nitrogens with zero attached hydrogens (tertiary/aromatic N) is 2. The zero-order chi connectivity index (χ0) is 33.6. The molecule has 0 bridgehead atoms. The van der Waals surface area contributed by atoms with Crippen LogP contribution >= 0.6 is 11.6 Å². The summed E-state index contributed by atoms with van der Waals surface area (Å²) in [6.45, 7) is 7.41. The molecule has 3 aromatic carbocycles. The Morgan fingerprint density at radius 3 is 2.32 bits per heavy atom. The maximum atomic E-state index is 12.6. The molecule has 0 saturated heterocycles. The van der Waals surface area contributed by atoms with E-state index in [0.717, 1.165) is 40.9 Å². The first-order chi connectivity index (χ1) is 22.5. The molecule has 1 aliphatic carbocycles. The number of benzene rings is 3. The van der Waals surface area contributed by atoms with E-state index in [1.165, 1.54) is 19.3 Å². The standard InChI is InChI=1S/C38H42ClN3O5/c1-25(37(44)46-47-38(2,3)4)21-31-23-42(32-9-7-6-8-10-32)35(41-31)27-13-18-33(19-14-27)45-24-29-22-28(36(43)40-5)15-20-34(29)26-11-16-30(39)17-12-26/h11-23,32H,6-10,24H2,1-5H3,(H,40,43). The number of carbonyl (C=O) groups excluding carboxylic acids is 2. The Balaban J connectivity index is 1.38. The number of amides is 1. The van der Waals surface area contributed by atoms with Crippen LogP contribution in [-0.4, -0.2) is 34.1 Å². The number of ether oxygens (including phenoxy) is 1. The van der Waals surface area contributed by atoms with Gasteiger partial charge in [0.15, 0.2) is 0 Å². The van der Waals surface area contributed by atoms with Gasteiger partial charge in [0.1, 0.15) is 23.8 Å². The van der Waals surface area contributed by atoms with Gasteiger partial charge in [-0.2, -0.15) is 4.89 Å². The first-order valence-corrected chi connectivity index (χ1v) is 16.4. The van der Waals surface area contributed by atoms with E-state index >= 15 is 0 Å². The zero-order valence-electron chi connectivity index (χ0n) is 27.6. The quantitative estimate of drug-likeness (QED) is 0.104. The van der Waals surface area contributed by atoms with Crippen LogP contribution in [0.15, 0.2) is 78.5 Å². The van der Waals surface area contributed by atoms with Gasteiger partial charge in [-0.05, 0) is 112 Å². The summed E-state index contributed by atoms with van der Waals surface area (Å²) in [6.07, 6.45) is 9.51. The van der Waals surface area contributed by atoms with E-state index < -0.39 is 11.6 Å². The van der Waals surface area contributed by atoms with Crippen LogP contribution in [0.4, 0.5) is 0 Å². The molecule has 1 N–H and O–H groups in total. The highest BCUT2D eigenvalue weighted by Gasteiger charge is 2.22. The highest BCUT2D eigenvalue weighted by atomic mass is 35.5. The fraction of sp³-hybridized carbons (Fsp3) is 0.342. The van der Waals surface area contributed by atoms with Crippen LogP contribution in [0.1, 0.15) is 87.5 Å². The summed E-state index contributed by atoms with van der Waals surface area (Å²) in [5.74, 6) is 0.820. The fourth-order valence-electron chi connectivity index (χ4n) is 5.61. The summed E-state index contributed by atoms with van der Waals surface area (Å²) >= 11 is 6.13. The van der Waals surface area contributed by atoms with Crippen molar-refractivity contribution in [2.24, 2.45) is 0 Å². The summed E-state index contributed by atoms with van der Waals surface area (Å²) in [5, 5.41) is 3.35. The highest BCUT2D eigenvalue weighted by Crippen LogP contribution is 2.34. The van der Waals surface area contributed by atoms with E-state index in [1.54, 1.807) is 20.0 Å². The lowest BCUT2D eigenvalue weighted by atomic mass is 9.95. The van der Waals surface area contributed by atoms with E-state index in [9.17, 15) is 9.59 Å². The largest absolute Gasteiger partial charge is 0.489 e. The molecule has 0 unspecified atom stereocenters. The van der Waals surface area contributed by atoms with Gasteiger partial charge in [-0.3, -0.25) is 9.68 Å². The van der Waals surface area contributed by atoms with Crippen molar-refractivity contribution in [2.75, 3.05) is 7.05 Å². The average molecular weight is 656 g/mol. The van der Waals surface area contributed by atoms with E-state index in [1.807, 2.05) is 93.7 Å². The molecule has 1 aromatic heterocycles. The van der Waals surface area contributed by atoms with Crippen LogP contribution in [0.25, 0.3) is 28.6 Å². The number of nitrogens with one attached hydrogen (secondary N) is 1. The molecule has 1 amide bonds. The summed E-state index contributed by atoms with van der Waals surface area (Å²) in [7, 11) is 1.62. The van der Waals surface area contributed by atoms with Gasteiger partial charge >= 0.3 is 5.97 Å². The minimum atomic E-state index is -0.601. The van der Waals surface area contributed by atoms with Crippen molar-refractivity contribution in [1.82, 2.24) is 14.9 Å². The van der Waals surface area contributed by atoms with Gasteiger partial charge in [0.2, 0.25) is 0 Å². The molecule has 9 heteroatoms. The lowest BCUT2D eigenvalue weighted by Crippen LogP contribution is -2.22. The molecule has 5 rings (SSSR count). The molecule has 8 nitrogen and oxygen atoms in total. The Labute approximate surface area is 281 Å². The number of imidazole rings is 1. The third-order valence-electron chi connectivity index (χ3n) is 8.03. The van der Waals surface area contributed by atoms with Crippen LogP contribution in [-0.2, 0) is 21.2 Å². The molecule has 0 aliphatic heterocycles. The lowest BCUT2D eigenvalue weighted by molar-refractivity contribution is -0.317. The molecule has 4 aromatic rings. The van der Waals surface area contributed by atoms with Gasteiger partial charge in [-0.15, -0.1) is 0 Å². The molecule has 1 saturated carbocycles. The Bertz CT molecular complexity index is 1730. The zero-order valence-corrected chi connectivity index (χ0v) is 28.4. The first-order valence-electron chi connectivity index (χ1n) is 16.0. The molecule has 0 atom stereocenters. The Morgan fingerprint density at radius 1 is 0.979 bits per heavy atom. The number of rotatable bonds is 10. The van der Waals surface area contributed by atoms with E-state index in [4.69, 9.17) is 31.1 Å². The van der Waals surface area contributed by atoms with Crippen LogP contribution in [0.5, 0.6) is 5.75 Å². The van der Waals surface area contributed by atoms with Crippen molar-refractivity contribution in [3.63, 3.8) is 0 Å². The smallest absolute Gasteiger partial charge is 0.368 e. The van der Waals surface area contributed by atoms with E-state index in [2.05, 4.69) is 9.88 Å². The molecule has 1 aliphatic rings. The van der Waals surface area contributed by atoms with Crippen molar-refractivity contribution in [3.8, 4) is 28.3 Å². The summed E-state index contributed by atoms with van der Waals surface area (Å²) in [4.78, 5) is 40.1. The highest BCUT2D eigenvalue weighted by molar-refractivity contribution is 6.30. The monoisotopic (exact) mass is 655 g/mol. The molecular formula is C38H42ClN3O5. The summed E-state index contributed by atoms with van der Waals surface area (Å²) in [5.41, 5.74) is 4.81. The maximum absolute atomic E-state index is 12.6. The molecule has 47 heavy (non-hydrogen) atoms. The van der Waals surface area contributed by atoms with Crippen LogP contribution in [0.2, 0.25) is 5.02 Å². The van der Waals surface area contributed by atoms with Crippen LogP contribution in [0, 0.1) is 0 Å². The Kier molecular flexibility index (Phi) is 10.8. The Hall–Kier alpha value is -4.40. The molecule has 1 heterocycles. The normalized spacial score (nSPS) is 14.1. The van der Waals surface area contributed by atoms with Crippen molar-refractivity contribution in [1.29, 1.82) is 0 Å². The third-order valence-corrected chi connectivity index (χ3v) is 8.28. The minimum absolute atomic E-state index is 0.161. The summed E-state index contributed by atoms with van der Waals surface area (Å²) in [6, 6.07) is 21.4. The predicted octanol–water partition coefficient (Wildman–Crippen LogP) is 8.99. The second-order valence-electron chi connectivity index (χ2n) is 12.9. The van der Waals surface area contributed by atoms with Crippen molar-refractivity contribution in [2.45, 2.75) is 78.0 Å². The summed E-state index contributed by atoms with van der Waals surface area (Å²) < 4.78 is 8.50. The molecule has 246 valence electrons. The van der Waals surface area contributed by atoms with Crippen LogP contribution < -0.4 is 10.1 Å². The average Bonchev–Trinajstić information content (AvgIpc) is 3.50. The maximum Gasteiger partial charge on any atom is 0.368 e. The molecule has 1 fully saturated rings. The number of hydrogen-bond donors (Lipinski definition) is 1. The molecular weight excluding hydrogens is 614 g/mol. The first kappa shape index (κ1) is 33.9. The van der Waals surface area contributed by atoms with Gasteiger partial charge in [0, 0.05) is 41.0 Å². The van der Waals surface area contributed by atoms with Crippen molar-refractivity contribution >= 4 is 29.6 Å². The third kappa shape index (κ3) is 8.90. The predicted molar refractivity (Wildman–Crippen MR) is 185 cm³/mol. The van der Waals surface area contributed by atoms with Crippen molar-refractivity contribution in [3.05, 3.63) is 100 Å². The number of aromatic nitrogens is 2. The van der Waals surface area contributed by atoms with Gasteiger partial charge < -0.3 is 14.6 Å². The SMILES string of the molecule is CNC(=O)c1ccc(-c2ccc(Cl)cc2)c(COc2ccc(-c3nc(C=C(C)C(=O)OOC(C)(C)C)cn3C3CCCCC3)cc2)c1. The van der Waals surface area contributed by atoms with Gasteiger partial charge in [-0.25, -0.2) is 9.78 Å². The Morgan fingerprint density at radius 2 is 1.66 bits per heavy atom. The second-order valence-corrected chi connectivity index (χ2v) is 13.3. The molecule has 0 radical (unpaired) electrons. The lowest BCUT2D eigenvalue weighted by Gasteiger charge is -2.24. The van der Waals surface area contributed by atoms with Gasteiger partial charge in [-0.1, -0.05) is 49.1 Å². The number of hydrogen-bond acceptors (Lipinski definition) is 6.